The molecule has 0 unspecified atom stereocenters. The summed E-state index contributed by atoms with van der Waals surface area (Å²) in [4.78, 5) is 23.8. The number of phenolic OH excluding ortho intramolecular Hbond substituents is 2. The average Bonchev–Trinajstić information content (AvgIpc) is 2.66. The molecule has 144 valence electrons. The van der Waals surface area contributed by atoms with Gasteiger partial charge in [-0.2, -0.15) is 0 Å². The maximum absolute atomic E-state index is 11.9. The molecule has 0 radical (unpaired) electrons. The van der Waals surface area contributed by atoms with Crippen molar-refractivity contribution in [1.82, 2.24) is 0 Å². The number of hydrogen-bond donors (Lipinski definition) is 7. The van der Waals surface area contributed by atoms with E-state index in [9.17, 15) is 40.2 Å². The van der Waals surface area contributed by atoms with Crippen molar-refractivity contribution in [2.45, 2.75) is 24.4 Å². The van der Waals surface area contributed by atoms with Crippen molar-refractivity contribution in [3.05, 3.63) is 23.7 Å². The van der Waals surface area contributed by atoms with Crippen LogP contribution in [0.5, 0.6) is 17.2 Å². The highest BCUT2D eigenvalue weighted by Gasteiger charge is 2.36. The summed E-state index contributed by atoms with van der Waals surface area (Å²) in [5, 5.41) is 65.7. The van der Waals surface area contributed by atoms with E-state index in [-0.39, 0.29) is 11.3 Å². The number of phenols is 2. The minimum absolute atomic E-state index is 0.0130. The molecular weight excluding hydrogens is 352 g/mol. The molecule has 0 aliphatic heterocycles. The molecule has 0 heterocycles. The Morgan fingerprint density at radius 3 is 2.35 bits per heavy atom. The summed E-state index contributed by atoms with van der Waals surface area (Å²) in [5.74, 6) is -4.51. The molecule has 4 atom stereocenters. The zero-order chi connectivity index (χ0) is 20.9. The molecule has 7 N–H and O–H groups in total. The lowest BCUT2D eigenvalue weighted by Crippen LogP contribution is -2.49. The molecule has 26 heavy (non-hydrogen) atoms. The van der Waals surface area contributed by atoms with Crippen LogP contribution in [0.1, 0.15) is 6.93 Å². The minimum Gasteiger partial charge on any atom is -0.504 e. The number of allylic oxidation sites excluding steroid dienone is 1. The third kappa shape index (κ3) is 5.00. The maximum atomic E-state index is 11.9. The first kappa shape index (κ1) is 19.8. The largest absolute Gasteiger partial charge is 0.504 e. The number of Topliss-reactive ketones (excluding diaryl/α,β-unsaturated/α-hetero) is 1. The lowest BCUT2D eigenvalue weighted by Gasteiger charge is -2.24. The molecule has 0 aliphatic carbocycles. The number of aliphatic hydroxyl groups excluding tert-OH is 5. The molecule has 0 aliphatic rings. The fraction of sp³-hybridized carbons (Fsp3) is 0.375. The summed E-state index contributed by atoms with van der Waals surface area (Å²) in [6.45, 7) is -0.969. The highest BCUT2D eigenvalue weighted by molar-refractivity contribution is 6.43. The molecule has 0 fully saturated rings. The first-order chi connectivity index (χ1) is 12.5. The van der Waals surface area contributed by atoms with Crippen molar-refractivity contribution in [2.75, 3.05) is 13.7 Å². The van der Waals surface area contributed by atoms with Crippen LogP contribution in [0.2, 0.25) is 0 Å². The molecule has 1 aromatic carbocycles. The molecule has 10 nitrogen and oxygen atoms in total. The highest BCUT2D eigenvalue weighted by Crippen LogP contribution is 2.36. The van der Waals surface area contributed by atoms with E-state index in [1.165, 1.54) is 7.11 Å². The summed E-state index contributed by atoms with van der Waals surface area (Å²) < 4.78 is 12.4. The summed E-state index contributed by atoms with van der Waals surface area (Å²) in [6.07, 6.45) is -7.88. The van der Waals surface area contributed by atoms with E-state index in [1.807, 2.05) is 0 Å². The van der Waals surface area contributed by atoms with E-state index in [1.54, 1.807) is 0 Å². The minimum atomic E-state index is -2.45. The topological polar surface area (TPSA) is 185 Å². The number of benzene rings is 1. The van der Waals surface area contributed by atoms with Gasteiger partial charge in [0.25, 0.3) is 0 Å². The second kappa shape index (κ2) is 9.27. The lowest BCUT2D eigenvalue weighted by molar-refractivity contribution is -0.152. The molecule has 1 rings (SSSR count). The first-order valence-corrected chi connectivity index (χ1v) is 7.25. The Balaban J connectivity index is 3.02. The fourth-order valence-corrected chi connectivity index (χ4v) is 1.88. The maximum Gasteiger partial charge on any atom is 0.233 e. The monoisotopic (exact) mass is 373 g/mol. The quantitative estimate of drug-likeness (QED) is 0.141. The Morgan fingerprint density at radius 2 is 1.81 bits per heavy atom. The van der Waals surface area contributed by atoms with Gasteiger partial charge in [0, 0.05) is 0 Å². The average molecular weight is 373 g/mol. The van der Waals surface area contributed by atoms with Crippen molar-refractivity contribution in [1.29, 1.82) is 0 Å². The van der Waals surface area contributed by atoms with E-state index >= 15 is 0 Å². The van der Waals surface area contributed by atoms with Gasteiger partial charge in [-0.3, -0.25) is 9.59 Å². The highest BCUT2D eigenvalue weighted by atomic mass is 16.5. The Hall–Kier alpha value is -2.50. The molecule has 0 saturated carbocycles. The summed E-state index contributed by atoms with van der Waals surface area (Å²) in [5.41, 5.74) is 0.0130. The van der Waals surface area contributed by atoms with Crippen LogP contribution in [0.15, 0.2) is 18.2 Å². The number of carbonyl (C=O) groups is 2. The number of hydrogen-bond acceptors (Lipinski definition) is 10. The van der Waals surface area contributed by atoms with E-state index in [4.69, 9.17) is 11.2 Å². The lowest BCUT2D eigenvalue weighted by atomic mass is 9.98. The van der Waals surface area contributed by atoms with Crippen LogP contribution in [-0.2, 0) is 9.59 Å². The van der Waals surface area contributed by atoms with Gasteiger partial charge in [-0.05, 0) is 23.7 Å². The molecule has 1 aromatic rings. The van der Waals surface area contributed by atoms with Gasteiger partial charge < -0.3 is 40.5 Å². The van der Waals surface area contributed by atoms with Gasteiger partial charge >= 0.3 is 0 Å². The standard InChI is InChI=1S/C16H20O10/c1-26-11-5-7(4-9(19)12(11)21)2-3-8(18)13(22)15(24)16(25)14(23)10(20)6-17/h2-5,10,14-17,19-21,23-25H,6H2,1H3/b3-2+/t10-,14-,15+,16+/m1/s1/i3D. The predicted octanol–water partition coefficient (Wildman–Crippen LogP) is -2.31. The second-order valence-electron chi connectivity index (χ2n) is 5.25. The van der Waals surface area contributed by atoms with Crippen LogP contribution >= 0.6 is 0 Å². The Kier molecular flexibility index (Phi) is 7.06. The van der Waals surface area contributed by atoms with Crippen molar-refractivity contribution in [2.24, 2.45) is 0 Å². The zero-order valence-corrected chi connectivity index (χ0v) is 13.6. The smallest absolute Gasteiger partial charge is 0.233 e. The predicted molar refractivity (Wildman–Crippen MR) is 86.5 cm³/mol. The van der Waals surface area contributed by atoms with Gasteiger partial charge in [0.1, 0.15) is 24.4 Å². The molecule has 10 heteroatoms. The third-order valence-electron chi connectivity index (χ3n) is 3.41. The van der Waals surface area contributed by atoms with Crippen LogP contribution in [-0.4, -0.2) is 85.4 Å². The van der Waals surface area contributed by atoms with Gasteiger partial charge in [-0.1, -0.05) is 6.08 Å². The summed E-state index contributed by atoms with van der Waals surface area (Å²) >= 11 is 0. The number of methoxy groups -OCH3 is 1. The van der Waals surface area contributed by atoms with Gasteiger partial charge in [-0.15, -0.1) is 0 Å². The van der Waals surface area contributed by atoms with E-state index in [0.717, 1.165) is 18.2 Å². The first-order valence-electron chi connectivity index (χ1n) is 7.75. The van der Waals surface area contributed by atoms with Crippen molar-refractivity contribution < 1.29 is 51.4 Å². The normalized spacial score (nSPS) is 17.0. The van der Waals surface area contributed by atoms with E-state index in [0.29, 0.717) is 0 Å². The fourth-order valence-electron chi connectivity index (χ4n) is 1.88. The van der Waals surface area contributed by atoms with Crippen LogP contribution in [0.3, 0.4) is 0 Å². The Labute approximate surface area is 149 Å². The third-order valence-corrected chi connectivity index (χ3v) is 3.41. The molecule has 0 spiro atoms. The molecule has 0 aromatic heterocycles. The zero-order valence-electron chi connectivity index (χ0n) is 14.6. The molecule has 0 saturated heterocycles. The van der Waals surface area contributed by atoms with Crippen LogP contribution in [0.4, 0.5) is 0 Å². The number of carbonyl (C=O) groups excluding carboxylic acids is 2. The van der Waals surface area contributed by atoms with Gasteiger partial charge in [0.15, 0.2) is 11.5 Å². The van der Waals surface area contributed by atoms with Gasteiger partial charge in [0.05, 0.1) is 15.1 Å². The van der Waals surface area contributed by atoms with Crippen LogP contribution < -0.4 is 4.74 Å². The summed E-state index contributed by atoms with van der Waals surface area (Å²) in [6, 6.07) is 1.21. The number of aliphatic hydroxyl groups is 5. The molecule has 0 amide bonds. The molecule has 0 bridgehead atoms. The number of ketones is 2. The number of aromatic hydroxyl groups is 2. The molecular formula is C16H20O10. The van der Waals surface area contributed by atoms with Crippen LogP contribution in [0, 0.1) is 0 Å². The number of rotatable bonds is 9. The number of ether oxygens (including phenoxy) is 1. The van der Waals surface area contributed by atoms with E-state index in [2.05, 4.69) is 0 Å². The SMILES string of the molecule is [2H]/C(=C\c1cc(O)c(O)c(OC)c1)C(=O)C(=O)[C@H](O)[C@@H](O)[C@H](O)[C@H](O)CO. The van der Waals surface area contributed by atoms with Crippen molar-refractivity contribution in [3.8, 4) is 17.2 Å². The second-order valence-corrected chi connectivity index (χ2v) is 5.25. The van der Waals surface area contributed by atoms with Gasteiger partial charge in [-0.25, -0.2) is 0 Å². The van der Waals surface area contributed by atoms with Crippen molar-refractivity contribution >= 4 is 17.6 Å². The van der Waals surface area contributed by atoms with Crippen molar-refractivity contribution in [3.63, 3.8) is 0 Å². The van der Waals surface area contributed by atoms with Crippen LogP contribution in [0.25, 0.3) is 6.08 Å². The van der Waals surface area contributed by atoms with Gasteiger partial charge in [0.2, 0.25) is 17.3 Å². The Morgan fingerprint density at radius 1 is 1.19 bits per heavy atom. The Bertz CT molecular complexity index is 732. The van der Waals surface area contributed by atoms with E-state index < -0.39 is 60.1 Å². The summed E-state index contributed by atoms with van der Waals surface area (Å²) in [7, 11) is 1.20.